The third kappa shape index (κ3) is 16.9. The summed E-state index contributed by atoms with van der Waals surface area (Å²) in [6.07, 6.45) is 0. The van der Waals surface area contributed by atoms with Crippen LogP contribution in [-0.2, 0) is 0 Å². The Balaban J connectivity index is 0.829. The molecule has 0 unspecified atom stereocenters. The molecule has 18 rings (SSSR count). The van der Waals surface area contributed by atoms with Crippen LogP contribution >= 0.6 is 24.4 Å². The summed E-state index contributed by atoms with van der Waals surface area (Å²) in [5.41, 5.74) is 45.9. The molecule has 0 heterocycles. The molecule has 0 atom stereocenters. The van der Waals surface area contributed by atoms with Gasteiger partial charge >= 0.3 is 0 Å². The van der Waals surface area contributed by atoms with Crippen molar-refractivity contribution in [2.45, 2.75) is 55.4 Å². The second-order valence-corrected chi connectivity index (χ2v) is 33.5. The van der Waals surface area contributed by atoms with Crippen LogP contribution in [0.1, 0.15) is 44.5 Å². The van der Waals surface area contributed by atoms with Gasteiger partial charge in [-0.2, -0.15) is 0 Å². The molecule has 2 N–H and O–H groups in total. The van der Waals surface area contributed by atoms with Gasteiger partial charge in [-0.1, -0.05) is 421 Å². The SMILES string of the molecule is Cc1ccc(-c2ccc(-c3cc(-c4ccccc4)cc(-c4ccc(-c5ccc(C)cc5)cc4)c3-c3cc(-c4ccc(C)cc4)c(NC(=S)C(=S)Nc4c(-c5ccc(C)cc5)cc(-c5c(-c6ccc(-c7ccc(C)cc7)cc6)cc(-c6ccccc6)cc5-c5ccc(-c6ccc(C)cc6)cc5)cc4-c4ccc(C)cc4)c(-c4ccc(C)cc4)c3)cc2)cc1. The Morgan fingerprint density at radius 1 is 0.148 bits per heavy atom. The summed E-state index contributed by atoms with van der Waals surface area (Å²) in [6, 6.07) is 148. The highest BCUT2D eigenvalue weighted by Gasteiger charge is 2.27. The maximum Gasteiger partial charge on any atom is 0.138 e. The van der Waals surface area contributed by atoms with E-state index in [2.05, 4.69) is 466 Å². The average Bonchev–Trinajstić information content (AvgIpc) is 0.749. The smallest absolute Gasteiger partial charge is 0.138 e. The van der Waals surface area contributed by atoms with Gasteiger partial charge in [0.25, 0.3) is 0 Å². The number of thiocarbonyl (C=S) groups is 2. The fourth-order valence-corrected chi connectivity index (χ4v) is 17.1. The van der Waals surface area contributed by atoms with Gasteiger partial charge in [0.2, 0.25) is 0 Å². The monoisotopic (exact) mass is 1600 g/mol. The topological polar surface area (TPSA) is 24.1 Å². The highest BCUT2D eigenvalue weighted by Crippen LogP contribution is 2.52. The van der Waals surface area contributed by atoms with Crippen molar-refractivity contribution in [3.05, 3.63) is 445 Å². The van der Waals surface area contributed by atoms with Gasteiger partial charge in [-0.25, -0.2) is 0 Å². The molecule has 0 spiro atoms. The van der Waals surface area contributed by atoms with Crippen molar-refractivity contribution in [1.82, 2.24) is 0 Å². The average molecular weight is 1600 g/mol. The van der Waals surface area contributed by atoms with Crippen LogP contribution in [-0.4, -0.2) is 9.98 Å². The summed E-state index contributed by atoms with van der Waals surface area (Å²) in [6.45, 7) is 17.2. The predicted molar refractivity (Wildman–Crippen MR) is 530 cm³/mol. The summed E-state index contributed by atoms with van der Waals surface area (Å²) < 4.78 is 0. The van der Waals surface area contributed by atoms with Crippen LogP contribution in [0.4, 0.5) is 11.4 Å². The highest BCUT2D eigenvalue weighted by molar-refractivity contribution is 7.89. The van der Waals surface area contributed by atoms with E-state index >= 15 is 0 Å². The van der Waals surface area contributed by atoms with Gasteiger partial charge in [-0.15, -0.1) is 0 Å². The normalized spacial score (nSPS) is 11.2. The first-order chi connectivity index (χ1) is 59.5. The minimum Gasteiger partial charge on any atom is -0.343 e. The van der Waals surface area contributed by atoms with E-state index in [1.165, 1.54) is 44.5 Å². The van der Waals surface area contributed by atoms with E-state index in [4.69, 9.17) is 24.4 Å². The molecule has 0 aromatic heterocycles. The van der Waals surface area contributed by atoms with Crippen molar-refractivity contribution >= 4 is 45.8 Å². The zero-order chi connectivity index (χ0) is 83.5. The van der Waals surface area contributed by atoms with Crippen LogP contribution in [0.2, 0.25) is 0 Å². The van der Waals surface area contributed by atoms with Crippen LogP contribution in [0.25, 0.3) is 178 Å². The van der Waals surface area contributed by atoms with Gasteiger partial charge in [0.05, 0.1) is 11.4 Å². The van der Waals surface area contributed by atoms with Gasteiger partial charge in [-0.05, 0) is 260 Å². The lowest BCUT2D eigenvalue weighted by Crippen LogP contribution is -2.27. The van der Waals surface area contributed by atoms with Crippen LogP contribution in [0.15, 0.2) is 400 Å². The fraction of sp³-hybridized carbons (Fsp3) is 0.0678. The van der Waals surface area contributed by atoms with Crippen LogP contribution in [0.5, 0.6) is 0 Å². The van der Waals surface area contributed by atoms with E-state index in [0.717, 1.165) is 189 Å². The standard InChI is InChI=1S/C118H92N2S2/c1-75-19-35-85(36-20-75)89-51-59-93(60-52-89)105-67-101(83-15-11-9-12-16-83)68-106(94-61-53-90(54-62-94)86-37-21-76(2)22-38-86)113(105)103-71-109(97-43-27-79(5)28-44-97)115(110(72-103)98-45-29-80(6)30-46-98)119-117(121)118(122)120-116-111(99-47-31-81(7)32-48-99)73-104(74-112(116)100-49-33-82(8)34-50-100)114-107(95-63-55-91(56-64-95)87-39-23-77(3)24-40-87)69-102(84-17-13-10-14-18-84)70-108(114)96-65-57-92(58-66-96)88-41-25-78(4)26-42-88/h9-74H,1-8H3,(H,119,121)(H,120,122). The molecule has 586 valence electrons. The summed E-state index contributed by atoms with van der Waals surface area (Å²) in [5, 5.41) is 7.96. The number of hydrogen-bond acceptors (Lipinski definition) is 2. The van der Waals surface area contributed by atoms with Crippen LogP contribution in [0, 0.1) is 55.4 Å². The fourth-order valence-electron chi connectivity index (χ4n) is 16.8. The maximum atomic E-state index is 6.91. The first-order valence-electron chi connectivity index (χ1n) is 42.0. The van der Waals surface area contributed by atoms with E-state index in [1.807, 2.05) is 0 Å². The summed E-state index contributed by atoms with van der Waals surface area (Å²) in [5.74, 6) is 0. The molecule has 0 aliphatic carbocycles. The molecule has 0 amide bonds. The van der Waals surface area contributed by atoms with Crippen molar-refractivity contribution in [1.29, 1.82) is 0 Å². The number of benzene rings is 18. The second kappa shape index (κ2) is 34.6. The quantitative estimate of drug-likeness (QED) is 0.0836. The van der Waals surface area contributed by atoms with E-state index in [-0.39, 0.29) is 0 Å². The molecule has 0 fully saturated rings. The Kier molecular flexibility index (Phi) is 22.4. The molecule has 0 saturated heterocycles. The van der Waals surface area contributed by atoms with Crippen molar-refractivity contribution < 1.29 is 0 Å². The summed E-state index contributed by atoms with van der Waals surface area (Å²) >= 11 is 13.8. The zero-order valence-electron chi connectivity index (χ0n) is 69.9. The summed E-state index contributed by atoms with van der Waals surface area (Å²) in [7, 11) is 0. The lowest BCUT2D eigenvalue weighted by Gasteiger charge is -2.25. The first-order valence-corrected chi connectivity index (χ1v) is 42.8. The molecule has 0 aliphatic heterocycles. The molecular weight excluding hydrogens is 1510 g/mol. The molecule has 0 bridgehead atoms. The third-order valence-corrected chi connectivity index (χ3v) is 24.5. The first kappa shape index (κ1) is 78.9. The number of nitrogens with one attached hydrogen (secondary N) is 2. The number of hydrogen-bond donors (Lipinski definition) is 2. The van der Waals surface area contributed by atoms with E-state index in [9.17, 15) is 0 Å². The van der Waals surface area contributed by atoms with Crippen molar-refractivity contribution in [3.8, 4) is 178 Å². The van der Waals surface area contributed by atoms with E-state index in [1.54, 1.807) is 0 Å². The Bertz CT molecular complexity index is 6100. The van der Waals surface area contributed by atoms with Crippen molar-refractivity contribution in [2.24, 2.45) is 0 Å². The third-order valence-electron chi connectivity index (χ3n) is 23.8. The molecule has 2 nitrogen and oxygen atoms in total. The minimum atomic E-state index is 0.364. The lowest BCUT2D eigenvalue weighted by molar-refractivity contribution is 1.45. The second-order valence-electron chi connectivity index (χ2n) is 32.7. The number of rotatable bonds is 18. The highest BCUT2D eigenvalue weighted by atomic mass is 32.1. The molecule has 122 heavy (non-hydrogen) atoms. The molecule has 18 aromatic carbocycles. The minimum absolute atomic E-state index is 0.364. The molecule has 0 radical (unpaired) electrons. The summed E-state index contributed by atoms with van der Waals surface area (Å²) in [4.78, 5) is 0.729. The lowest BCUT2D eigenvalue weighted by atomic mass is 9.82. The van der Waals surface area contributed by atoms with Crippen molar-refractivity contribution in [2.75, 3.05) is 10.6 Å². The number of aryl methyl sites for hydroxylation is 8. The van der Waals surface area contributed by atoms with Gasteiger partial charge in [0, 0.05) is 22.3 Å². The van der Waals surface area contributed by atoms with E-state index in [0.29, 0.717) is 9.98 Å². The maximum absolute atomic E-state index is 6.91. The molecule has 0 aliphatic rings. The Morgan fingerprint density at radius 2 is 0.287 bits per heavy atom. The van der Waals surface area contributed by atoms with Gasteiger partial charge in [0.15, 0.2) is 0 Å². The predicted octanol–water partition coefficient (Wildman–Crippen LogP) is 33.0. The largest absolute Gasteiger partial charge is 0.343 e. The zero-order valence-corrected chi connectivity index (χ0v) is 71.6. The molecule has 4 heteroatoms. The molecule has 0 saturated carbocycles. The van der Waals surface area contributed by atoms with Gasteiger partial charge < -0.3 is 10.6 Å². The van der Waals surface area contributed by atoms with Crippen LogP contribution < -0.4 is 10.6 Å². The van der Waals surface area contributed by atoms with E-state index < -0.39 is 0 Å². The van der Waals surface area contributed by atoms with Crippen molar-refractivity contribution in [3.63, 3.8) is 0 Å². The van der Waals surface area contributed by atoms with Gasteiger partial charge in [0.1, 0.15) is 9.98 Å². The van der Waals surface area contributed by atoms with Crippen LogP contribution in [0.3, 0.4) is 0 Å². The Labute approximate surface area is 729 Å². The number of anilines is 2. The molecule has 18 aromatic rings. The molecular formula is C118H92N2S2. The Morgan fingerprint density at radius 3 is 0.475 bits per heavy atom. The van der Waals surface area contributed by atoms with Gasteiger partial charge in [-0.3, -0.25) is 0 Å². The Hall–Kier alpha value is -14.3.